The first-order valence-corrected chi connectivity index (χ1v) is 8.60. The predicted molar refractivity (Wildman–Crippen MR) is 91.6 cm³/mol. The largest absolute Gasteiger partial charge is 0.469 e. The van der Waals surface area contributed by atoms with Gasteiger partial charge in [-0.15, -0.1) is 0 Å². The molecule has 120 valence electrons. The second-order valence-corrected chi connectivity index (χ2v) is 6.15. The van der Waals surface area contributed by atoms with Gasteiger partial charge in [0.1, 0.15) is 0 Å². The lowest BCUT2D eigenvalue weighted by atomic mass is 9.75. The van der Waals surface area contributed by atoms with Crippen LogP contribution in [-0.4, -0.2) is 13.1 Å². The lowest BCUT2D eigenvalue weighted by Crippen LogP contribution is -2.25. The van der Waals surface area contributed by atoms with Crippen molar-refractivity contribution in [2.24, 2.45) is 5.92 Å². The number of benzene rings is 1. The summed E-state index contributed by atoms with van der Waals surface area (Å²) in [4.78, 5) is 12.3. The Bertz CT molecular complexity index is 542. The minimum Gasteiger partial charge on any atom is -0.469 e. The van der Waals surface area contributed by atoms with Crippen molar-refractivity contribution < 1.29 is 9.53 Å². The summed E-state index contributed by atoms with van der Waals surface area (Å²) in [5.74, 6) is -0.159. The van der Waals surface area contributed by atoms with Crippen LogP contribution in [-0.2, 0) is 16.0 Å². The number of esters is 1. The van der Waals surface area contributed by atoms with Gasteiger partial charge in [-0.25, -0.2) is 0 Å². The first kappa shape index (κ1) is 16.8. The molecule has 0 heterocycles. The Hall–Kier alpha value is -1.57. The van der Waals surface area contributed by atoms with Crippen molar-refractivity contribution in [3.8, 4) is 0 Å². The van der Waals surface area contributed by atoms with E-state index < -0.39 is 0 Å². The second kappa shape index (κ2) is 8.17. The van der Waals surface area contributed by atoms with Crippen molar-refractivity contribution in [3.63, 3.8) is 0 Å². The molecule has 0 saturated heterocycles. The first-order chi connectivity index (χ1) is 10.7. The van der Waals surface area contributed by atoms with Crippen LogP contribution in [0, 0.1) is 5.92 Å². The summed E-state index contributed by atoms with van der Waals surface area (Å²) in [6.45, 7) is 4.43. The van der Waals surface area contributed by atoms with E-state index in [4.69, 9.17) is 4.74 Å². The molecular formula is C20H28O2. The maximum atomic E-state index is 12.3. The van der Waals surface area contributed by atoms with Gasteiger partial charge in [0.15, 0.2) is 0 Å². The molecule has 22 heavy (non-hydrogen) atoms. The first-order valence-electron chi connectivity index (χ1n) is 8.60. The normalized spacial score (nSPS) is 17.3. The third-order valence-corrected chi connectivity index (χ3v) is 4.64. The minimum absolute atomic E-state index is 0.0744. The van der Waals surface area contributed by atoms with Crippen LogP contribution in [0.5, 0.6) is 0 Å². The van der Waals surface area contributed by atoms with Crippen LogP contribution in [0.4, 0.5) is 0 Å². The smallest absolute Gasteiger partial charge is 0.313 e. The van der Waals surface area contributed by atoms with E-state index in [9.17, 15) is 4.79 Å². The van der Waals surface area contributed by atoms with E-state index in [0.717, 1.165) is 32.1 Å². The van der Waals surface area contributed by atoms with Crippen molar-refractivity contribution >= 4 is 11.5 Å². The quantitative estimate of drug-likeness (QED) is 0.650. The van der Waals surface area contributed by atoms with Gasteiger partial charge in [0.05, 0.1) is 13.0 Å². The number of carbonyl (C=O) groups excluding carboxylic acids is 1. The average Bonchev–Trinajstić information content (AvgIpc) is 2.56. The molecule has 0 N–H and O–H groups in total. The zero-order valence-corrected chi connectivity index (χ0v) is 14.2. The number of allylic oxidation sites excluding steroid dienone is 1. The number of ether oxygens (including phenoxy) is 1. The van der Waals surface area contributed by atoms with E-state index in [1.807, 2.05) is 0 Å². The zero-order chi connectivity index (χ0) is 15.9. The lowest BCUT2D eigenvalue weighted by molar-refractivity contribution is -0.144. The predicted octanol–water partition coefficient (Wildman–Crippen LogP) is 5.17. The third kappa shape index (κ3) is 3.60. The van der Waals surface area contributed by atoms with E-state index in [2.05, 4.69) is 38.1 Å². The fraction of sp³-hybridized carbons (Fsp3) is 0.550. The van der Waals surface area contributed by atoms with Crippen LogP contribution < -0.4 is 0 Å². The van der Waals surface area contributed by atoms with Crippen molar-refractivity contribution in [2.75, 3.05) is 7.11 Å². The Labute approximate surface area is 134 Å². The van der Waals surface area contributed by atoms with Gasteiger partial charge in [-0.2, -0.15) is 0 Å². The van der Waals surface area contributed by atoms with Gasteiger partial charge < -0.3 is 4.74 Å². The number of carbonyl (C=O) groups is 1. The number of unbranched alkanes of at least 4 members (excludes halogenated alkanes) is 2. The highest BCUT2D eigenvalue weighted by molar-refractivity contribution is 5.84. The van der Waals surface area contributed by atoms with Crippen LogP contribution in [0.15, 0.2) is 29.8 Å². The van der Waals surface area contributed by atoms with Gasteiger partial charge in [-0.3, -0.25) is 4.79 Å². The molecule has 1 unspecified atom stereocenters. The van der Waals surface area contributed by atoms with E-state index in [1.54, 1.807) is 0 Å². The molecule has 0 amide bonds. The van der Waals surface area contributed by atoms with Gasteiger partial charge in [-0.05, 0) is 48.8 Å². The second-order valence-electron chi connectivity index (χ2n) is 6.15. The highest BCUT2D eigenvalue weighted by Crippen LogP contribution is 2.40. The lowest BCUT2D eigenvalue weighted by Gasteiger charge is -2.29. The summed E-state index contributed by atoms with van der Waals surface area (Å²) < 4.78 is 5.09. The van der Waals surface area contributed by atoms with Gasteiger partial charge in [0.2, 0.25) is 0 Å². The van der Waals surface area contributed by atoms with Crippen LogP contribution in [0.3, 0.4) is 0 Å². The molecule has 1 aromatic rings. The number of fused-ring (bicyclic) bond motifs is 1. The molecule has 0 saturated carbocycles. The summed E-state index contributed by atoms with van der Waals surface area (Å²) >= 11 is 0. The van der Waals surface area contributed by atoms with Gasteiger partial charge in [0.25, 0.3) is 0 Å². The van der Waals surface area contributed by atoms with Gasteiger partial charge in [-0.1, -0.05) is 56.5 Å². The maximum Gasteiger partial charge on any atom is 0.313 e. The molecule has 0 spiro atoms. The Morgan fingerprint density at radius 1 is 1.14 bits per heavy atom. The fourth-order valence-corrected chi connectivity index (χ4v) is 3.43. The molecule has 1 aromatic carbocycles. The molecular weight excluding hydrogens is 272 g/mol. The average molecular weight is 300 g/mol. The van der Waals surface area contributed by atoms with Gasteiger partial charge >= 0.3 is 5.97 Å². The molecule has 1 atom stereocenters. The Morgan fingerprint density at radius 2 is 1.82 bits per heavy atom. The molecule has 0 radical (unpaired) electrons. The Morgan fingerprint density at radius 3 is 2.50 bits per heavy atom. The maximum absolute atomic E-state index is 12.3. The number of hydrogen-bond donors (Lipinski definition) is 0. The molecule has 0 aromatic heterocycles. The summed E-state index contributed by atoms with van der Waals surface area (Å²) in [6.07, 6.45) is 7.52. The molecule has 0 bridgehead atoms. The molecule has 2 heteroatoms. The standard InChI is InChI=1S/C20H28O2/c1-4-6-11-17-16-13-9-8-10-15(16)14-19(20(21)22-3)18(17)12-7-5-2/h8-10,13,19H,4-7,11-12,14H2,1-3H3. The van der Waals surface area contributed by atoms with Crippen LogP contribution >= 0.6 is 0 Å². The highest BCUT2D eigenvalue weighted by atomic mass is 16.5. The Balaban J connectivity index is 2.47. The van der Waals surface area contributed by atoms with Gasteiger partial charge in [0, 0.05) is 0 Å². The van der Waals surface area contributed by atoms with Crippen LogP contribution in [0.2, 0.25) is 0 Å². The van der Waals surface area contributed by atoms with Crippen LogP contribution in [0.1, 0.15) is 63.5 Å². The molecule has 1 aliphatic rings. The van der Waals surface area contributed by atoms with Crippen molar-refractivity contribution in [3.05, 3.63) is 41.0 Å². The van der Waals surface area contributed by atoms with Crippen LogP contribution in [0.25, 0.3) is 5.57 Å². The summed E-state index contributed by atoms with van der Waals surface area (Å²) in [5, 5.41) is 0. The molecule has 2 nitrogen and oxygen atoms in total. The molecule has 0 fully saturated rings. The number of hydrogen-bond acceptors (Lipinski definition) is 2. The molecule has 2 rings (SSSR count). The number of methoxy groups -OCH3 is 1. The van der Waals surface area contributed by atoms with Crippen molar-refractivity contribution in [1.82, 2.24) is 0 Å². The number of rotatable bonds is 7. The summed E-state index contributed by atoms with van der Waals surface area (Å²) in [7, 11) is 1.51. The molecule has 0 aliphatic heterocycles. The van der Waals surface area contributed by atoms with E-state index in [1.165, 1.54) is 42.2 Å². The van der Waals surface area contributed by atoms with E-state index in [0.29, 0.717) is 0 Å². The van der Waals surface area contributed by atoms with Crippen molar-refractivity contribution in [2.45, 2.75) is 58.8 Å². The third-order valence-electron chi connectivity index (χ3n) is 4.64. The zero-order valence-electron chi connectivity index (χ0n) is 14.2. The summed E-state index contributed by atoms with van der Waals surface area (Å²) in [5.41, 5.74) is 5.40. The van der Waals surface area contributed by atoms with E-state index in [-0.39, 0.29) is 11.9 Å². The van der Waals surface area contributed by atoms with E-state index >= 15 is 0 Å². The molecule has 1 aliphatic carbocycles. The van der Waals surface area contributed by atoms with Crippen molar-refractivity contribution in [1.29, 1.82) is 0 Å². The topological polar surface area (TPSA) is 26.3 Å². The SMILES string of the molecule is CCCCC1=C(CCCC)C(C(=O)OC)Cc2ccccc21. The highest BCUT2D eigenvalue weighted by Gasteiger charge is 2.31. The Kier molecular flexibility index (Phi) is 6.23. The monoisotopic (exact) mass is 300 g/mol. The summed E-state index contributed by atoms with van der Waals surface area (Å²) in [6, 6.07) is 8.57. The fourth-order valence-electron chi connectivity index (χ4n) is 3.43. The minimum atomic E-state index is -0.0849.